The molecule has 1 aromatic carbocycles. The molecule has 0 aliphatic carbocycles. The molecule has 1 heterocycles. The number of nitrogens with zero attached hydrogens (tertiary/aromatic N) is 3. The van der Waals surface area contributed by atoms with Gasteiger partial charge < -0.3 is 9.64 Å². The molecule has 6 heteroatoms. The molecule has 0 aliphatic rings. The monoisotopic (exact) mass is 315 g/mol. The minimum atomic E-state index is -0.453. The third kappa shape index (κ3) is 3.77. The molecule has 6 nitrogen and oxygen atoms in total. The van der Waals surface area contributed by atoms with Gasteiger partial charge in [-0.25, -0.2) is 4.68 Å². The van der Waals surface area contributed by atoms with Crippen molar-refractivity contribution in [3.05, 3.63) is 47.8 Å². The molecule has 0 saturated carbocycles. The normalized spacial score (nSPS) is 10.7. The number of methoxy groups -OCH3 is 1. The van der Waals surface area contributed by atoms with Gasteiger partial charge in [0.05, 0.1) is 12.8 Å². The number of ether oxygens (including phenoxy) is 1. The molecule has 122 valence electrons. The lowest BCUT2D eigenvalue weighted by Crippen LogP contribution is -2.41. The second-order valence-electron chi connectivity index (χ2n) is 5.52. The van der Waals surface area contributed by atoms with E-state index in [9.17, 15) is 9.59 Å². The molecule has 0 spiro atoms. The summed E-state index contributed by atoms with van der Waals surface area (Å²) in [7, 11) is 1.31. The Labute approximate surface area is 135 Å². The van der Waals surface area contributed by atoms with Crippen molar-refractivity contribution >= 4 is 11.9 Å². The van der Waals surface area contributed by atoms with E-state index in [1.54, 1.807) is 10.7 Å². The van der Waals surface area contributed by atoms with Crippen LogP contribution in [0.5, 0.6) is 0 Å². The molecular formula is C17H21N3O3. The Balaban J connectivity index is 2.30. The minimum absolute atomic E-state index is 0.0930. The van der Waals surface area contributed by atoms with Crippen LogP contribution in [0.3, 0.4) is 0 Å². The second kappa shape index (κ2) is 7.09. The van der Waals surface area contributed by atoms with Crippen molar-refractivity contribution in [1.29, 1.82) is 0 Å². The Morgan fingerprint density at radius 2 is 1.91 bits per heavy atom. The summed E-state index contributed by atoms with van der Waals surface area (Å²) in [5.74, 6) is -0.741. The van der Waals surface area contributed by atoms with Gasteiger partial charge in [0.15, 0.2) is 5.69 Å². The van der Waals surface area contributed by atoms with E-state index in [0.29, 0.717) is 5.69 Å². The highest BCUT2D eigenvalue weighted by atomic mass is 16.5. The van der Waals surface area contributed by atoms with Crippen LogP contribution < -0.4 is 0 Å². The molecule has 23 heavy (non-hydrogen) atoms. The first kappa shape index (κ1) is 16.7. The Hall–Kier alpha value is -2.63. The standard InChI is InChI=1S/C17H21N3O3/c1-12(2)19(11-16(21)23-4)17(22)15-10-13(3)20(18-15)14-8-6-5-7-9-14/h5-10,12H,11H2,1-4H3. The number of rotatable bonds is 5. The van der Waals surface area contributed by atoms with Gasteiger partial charge in [-0.2, -0.15) is 5.10 Å². The number of amides is 1. The van der Waals surface area contributed by atoms with E-state index in [4.69, 9.17) is 0 Å². The van der Waals surface area contributed by atoms with Crippen molar-refractivity contribution in [3.63, 3.8) is 0 Å². The summed E-state index contributed by atoms with van der Waals surface area (Å²) in [6.45, 7) is 5.49. The molecule has 2 rings (SSSR count). The van der Waals surface area contributed by atoms with Crippen LogP contribution in [-0.2, 0) is 9.53 Å². The predicted molar refractivity (Wildman–Crippen MR) is 86.5 cm³/mol. The van der Waals surface area contributed by atoms with Crippen LogP contribution in [0, 0.1) is 6.92 Å². The van der Waals surface area contributed by atoms with Crippen molar-refractivity contribution in [2.75, 3.05) is 13.7 Å². The lowest BCUT2D eigenvalue weighted by Gasteiger charge is -2.24. The SMILES string of the molecule is COC(=O)CN(C(=O)c1cc(C)n(-c2ccccc2)n1)C(C)C. The fourth-order valence-corrected chi connectivity index (χ4v) is 2.25. The molecule has 0 fully saturated rings. The Morgan fingerprint density at radius 1 is 1.26 bits per heavy atom. The molecule has 2 aromatic rings. The molecule has 0 atom stereocenters. The van der Waals surface area contributed by atoms with Crippen LogP contribution in [0.4, 0.5) is 0 Å². The van der Waals surface area contributed by atoms with Crippen molar-refractivity contribution in [2.45, 2.75) is 26.8 Å². The van der Waals surface area contributed by atoms with Gasteiger partial charge in [-0.05, 0) is 39.0 Å². The van der Waals surface area contributed by atoms with Crippen LogP contribution >= 0.6 is 0 Å². The maximum Gasteiger partial charge on any atom is 0.325 e. The quantitative estimate of drug-likeness (QED) is 0.794. The number of aromatic nitrogens is 2. The maximum absolute atomic E-state index is 12.7. The predicted octanol–water partition coefficient (Wildman–Crippen LogP) is 2.20. The second-order valence-corrected chi connectivity index (χ2v) is 5.52. The summed E-state index contributed by atoms with van der Waals surface area (Å²) in [5.41, 5.74) is 2.04. The number of hydrogen-bond donors (Lipinski definition) is 0. The average Bonchev–Trinajstić information content (AvgIpc) is 2.94. The number of aryl methyl sites for hydroxylation is 1. The lowest BCUT2D eigenvalue weighted by atomic mass is 10.2. The number of hydrogen-bond acceptors (Lipinski definition) is 4. The van der Waals surface area contributed by atoms with Crippen LogP contribution in [0.15, 0.2) is 36.4 Å². The first-order valence-corrected chi connectivity index (χ1v) is 7.44. The number of para-hydroxylation sites is 1. The summed E-state index contributed by atoms with van der Waals surface area (Å²) in [5, 5.41) is 4.39. The number of carbonyl (C=O) groups is 2. The fourth-order valence-electron chi connectivity index (χ4n) is 2.25. The van der Waals surface area contributed by atoms with E-state index in [1.807, 2.05) is 51.1 Å². The van der Waals surface area contributed by atoms with Crippen molar-refractivity contribution < 1.29 is 14.3 Å². The first-order valence-electron chi connectivity index (χ1n) is 7.44. The van der Waals surface area contributed by atoms with Crippen molar-refractivity contribution in [2.24, 2.45) is 0 Å². The van der Waals surface area contributed by atoms with E-state index in [0.717, 1.165) is 11.4 Å². The van der Waals surface area contributed by atoms with Crippen molar-refractivity contribution in [1.82, 2.24) is 14.7 Å². The highest BCUT2D eigenvalue weighted by Gasteiger charge is 2.24. The van der Waals surface area contributed by atoms with Crippen molar-refractivity contribution in [3.8, 4) is 5.69 Å². The smallest absolute Gasteiger partial charge is 0.325 e. The third-order valence-electron chi connectivity index (χ3n) is 3.52. The van der Waals surface area contributed by atoms with Gasteiger partial charge in [0.1, 0.15) is 6.54 Å². The zero-order valence-electron chi connectivity index (χ0n) is 13.8. The Morgan fingerprint density at radius 3 is 2.48 bits per heavy atom. The van der Waals surface area contributed by atoms with Gasteiger partial charge in [0.2, 0.25) is 0 Å². The molecule has 0 aliphatic heterocycles. The summed E-state index contributed by atoms with van der Waals surface area (Å²) >= 11 is 0. The Bertz CT molecular complexity index is 692. The van der Waals surface area contributed by atoms with Gasteiger partial charge in [0.25, 0.3) is 5.91 Å². The van der Waals surface area contributed by atoms with Gasteiger partial charge in [0, 0.05) is 11.7 Å². The van der Waals surface area contributed by atoms with E-state index in [-0.39, 0.29) is 18.5 Å². The summed E-state index contributed by atoms with van der Waals surface area (Å²) in [4.78, 5) is 25.6. The highest BCUT2D eigenvalue weighted by Crippen LogP contribution is 2.14. The van der Waals surface area contributed by atoms with Crippen LogP contribution in [0.1, 0.15) is 30.0 Å². The van der Waals surface area contributed by atoms with Gasteiger partial charge in [-0.3, -0.25) is 9.59 Å². The van der Waals surface area contributed by atoms with Gasteiger partial charge in [-0.15, -0.1) is 0 Å². The molecule has 0 bridgehead atoms. The highest BCUT2D eigenvalue weighted by molar-refractivity contribution is 5.94. The molecule has 0 N–H and O–H groups in total. The van der Waals surface area contributed by atoms with Crippen LogP contribution in [0.25, 0.3) is 5.69 Å². The summed E-state index contributed by atoms with van der Waals surface area (Å²) in [6, 6.07) is 11.2. The molecule has 1 amide bonds. The van der Waals surface area contributed by atoms with Crippen LogP contribution in [-0.4, -0.2) is 46.3 Å². The maximum atomic E-state index is 12.7. The van der Waals surface area contributed by atoms with E-state index in [1.165, 1.54) is 12.0 Å². The molecule has 0 saturated heterocycles. The topological polar surface area (TPSA) is 64.4 Å². The van der Waals surface area contributed by atoms with Crippen LogP contribution in [0.2, 0.25) is 0 Å². The first-order chi connectivity index (χ1) is 10.9. The third-order valence-corrected chi connectivity index (χ3v) is 3.52. The fraction of sp³-hybridized carbons (Fsp3) is 0.353. The van der Waals surface area contributed by atoms with Gasteiger partial charge in [-0.1, -0.05) is 18.2 Å². The largest absolute Gasteiger partial charge is 0.468 e. The number of carbonyl (C=O) groups excluding carboxylic acids is 2. The van der Waals surface area contributed by atoms with Gasteiger partial charge >= 0.3 is 5.97 Å². The zero-order valence-corrected chi connectivity index (χ0v) is 13.8. The van der Waals surface area contributed by atoms with E-state index in [2.05, 4.69) is 9.84 Å². The summed E-state index contributed by atoms with van der Waals surface area (Å²) in [6.07, 6.45) is 0. The Kier molecular flexibility index (Phi) is 5.16. The average molecular weight is 315 g/mol. The summed E-state index contributed by atoms with van der Waals surface area (Å²) < 4.78 is 6.37. The molecule has 0 radical (unpaired) electrons. The zero-order chi connectivity index (χ0) is 17.0. The molecule has 1 aromatic heterocycles. The minimum Gasteiger partial charge on any atom is -0.468 e. The van der Waals surface area contributed by atoms with E-state index < -0.39 is 5.97 Å². The molecular weight excluding hydrogens is 294 g/mol. The molecule has 0 unspecified atom stereocenters. The van der Waals surface area contributed by atoms with E-state index >= 15 is 0 Å². The number of benzene rings is 1. The number of esters is 1. The lowest BCUT2D eigenvalue weighted by molar-refractivity contribution is -0.141.